The second-order valence-corrected chi connectivity index (χ2v) is 9.42. The van der Waals surface area contributed by atoms with Crippen molar-refractivity contribution in [2.24, 2.45) is 0 Å². The molecule has 2 aliphatic rings. The molecule has 22 heavy (non-hydrogen) atoms. The normalized spacial score (nSPS) is 23.7. The van der Waals surface area contributed by atoms with Gasteiger partial charge in [0.1, 0.15) is 0 Å². The molecule has 124 valence electrons. The molecule has 1 aromatic heterocycles. The van der Waals surface area contributed by atoms with E-state index in [1.165, 1.54) is 23.4 Å². The Kier molecular flexibility index (Phi) is 4.87. The van der Waals surface area contributed by atoms with E-state index in [4.69, 9.17) is 4.98 Å². The van der Waals surface area contributed by atoms with Crippen LogP contribution in [0.4, 0.5) is 0 Å². The zero-order valence-electron chi connectivity index (χ0n) is 13.3. The molecule has 1 aliphatic heterocycles. The van der Waals surface area contributed by atoms with Gasteiger partial charge in [0.2, 0.25) is 0 Å². The molecule has 1 saturated heterocycles. The quantitative estimate of drug-likeness (QED) is 0.913. The van der Waals surface area contributed by atoms with Crippen LogP contribution in [-0.4, -0.2) is 36.8 Å². The minimum absolute atomic E-state index is 0.0717. The molecule has 0 unspecified atom stereocenters. The van der Waals surface area contributed by atoms with Gasteiger partial charge in [0.05, 0.1) is 10.7 Å². The van der Waals surface area contributed by atoms with Gasteiger partial charge in [0.15, 0.2) is 0 Å². The van der Waals surface area contributed by atoms with Gasteiger partial charge in [-0.2, -0.15) is 17.4 Å². The van der Waals surface area contributed by atoms with Gasteiger partial charge >= 0.3 is 0 Å². The maximum atomic E-state index is 12.4. The van der Waals surface area contributed by atoms with E-state index in [1.807, 2.05) is 25.2 Å². The SMILES string of the molecule is CC(C)NS(=O)(=O)N1CCC[C@H](c2nc3c(s2)CCCC3)C1. The van der Waals surface area contributed by atoms with Crippen LogP contribution in [0.3, 0.4) is 0 Å². The van der Waals surface area contributed by atoms with Gasteiger partial charge in [-0.05, 0) is 52.4 Å². The number of hydrogen-bond acceptors (Lipinski definition) is 4. The predicted octanol–water partition coefficient (Wildman–Crippen LogP) is 2.44. The Bertz CT molecular complexity index is 601. The van der Waals surface area contributed by atoms with Crippen molar-refractivity contribution in [3.05, 3.63) is 15.6 Å². The summed E-state index contributed by atoms with van der Waals surface area (Å²) in [5.41, 5.74) is 1.27. The van der Waals surface area contributed by atoms with Crippen LogP contribution >= 0.6 is 11.3 Å². The molecule has 1 aromatic rings. The standard InChI is InChI=1S/C15H25N3O2S2/c1-11(2)17-22(19,20)18-9-5-6-12(10-18)15-16-13-7-3-4-8-14(13)21-15/h11-12,17H,3-10H2,1-2H3/t12-/m0/s1. The molecule has 2 heterocycles. The van der Waals surface area contributed by atoms with Gasteiger partial charge in [-0.3, -0.25) is 0 Å². The third-order valence-electron chi connectivity index (χ3n) is 4.32. The Balaban J connectivity index is 1.74. The van der Waals surface area contributed by atoms with Crippen LogP contribution in [0.25, 0.3) is 0 Å². The minimum Gasteiger partial charge on any atom is -0.246 e. The zero-order chi connectivity index (χ0) is 15.7. The molecule has 1 aliphatic carbocycles. The number of nitrogens with zero attached hydrogens (tertiary/aromatic N) is 2. The van der Waals surface area contributed by atoms with Crippen LogP contribution in [0.1, 0.15) is 61.0 Å². The molecule has 0 radical (unpaired) electrons. The lowest BCUT2D eigenvalue weighted by Crippen LogP contribution is -2.47. The monoisotopic (exact) mass is 343 g/mol. The van der Waals surface area contributed by atoms with Gasteiger partial charge < -0.3 is 0 Å². The highest BCUT2D eigenvalue weighted by Gasteiger charge is 2.32. The lowest BCUT2D eigenvalue weighted by Gasteiger charge is -2.31. The zero-order valence-corrected chi connectivity index (χ0v) is 15.0. The number of aromatic nitrogens is 1. The summed E-state index contributed by atoms with van der Waals surface area (Å²) in [5, 5.41) is 1.15. The summed E-state index contributed by atoms with van der Waals surface area (Å²) in [6, 6.07) is -0.0717. The van der Waals surface area contributed by atoms with Gasteiger partial charge in [-0.25, -0.2) is 4.98 Å². The number of piperidine rings is 1. The molecule has 3 rings (SSSR count). The summed E-state index contributed by atoms with van der Waals surface area (Å²) >= 11 is 1.82. The number of hydrogen-bond donors (Lipinski definition) is 1. The van der Waals surface area contributed by atoms with E-state index in [1.54, 1.807) is 4.31 Å². The number of thiazole rings is 1. The van der Waals surface area contributed by atoms with Crippen molar-refractivity contribution in [2.75, 3.05) is 13.1 Å². The van der Waals surface area contributed by atoms with E-state index in [2.05, 4.69) is 4.72 Å². The molecule has 1 N–H and O–H groups in total. The highest BCUT2D eigenvalue weighted by atomic mass is 32.2. The van der Waals surface area contributed by atoms with E-state index in [-0.39, 0.29) is 12.0 Å². The summed E-state index contributed by atoms with van der Waals surface area (Å²) in [6.07, 6.45) is 6.69. The van der Waals surface area contributed by atoms with Crippen LogP contribution in [0, 0.1) is 0 Å². The van der Waals surface area contributed by atoms with Crippen molar-refractivity contribution >= 4 is 21.5 Å². The van der Waals surface area contributed by atoms with Gasteiger partial charge in [-0.15, -0.1) is 11.3 Å². The van der Waals surface area contributed by atoms with Gasteiger partial charge in [0.25, 0.3) is 10.2 Å². The average Bonchev–Trinajstić information content (AvgIpc) is 2.90. The summed E-state index contributed by atoms with van der Waals surface area (Å²) in [7, 11) is -3.37. The molecule has 0 saturated carbocycles. The first kappa shape index (κ1) is 16.4. The third kappa shape index (κ3) is 3.53. The molecule has 1 atom stereocenters. The van der Waals surface area contributed by atoms with Crippen LogP contribution in [0.5, 0.6) is 0 Å². The fraction of sp³-hybridized carbons (Fsp3) is 0.800. The number of rotatable bonds is 4. The first-order valence-electron chi connectivity index (χ1n) is 8.21. The van der Waals surface area contributed by atoms with Crippen molar-refractivity contribution in [3.63, 3.8) is 0 Å². The number of nitrogens with one attached hydrogen (secondary N) is 1. The van der Waals surface area contributed by atoms with Gasteiger partial charge in [-0.1, -0.05) is 0 Å². The second-order valence-electron chi connectivity index (χ2n) is 6.60. The Morgan fingerprint density at radius 1 is 1.27 bits per heavy atom. The van der Waals surface area contributed by atoms with Crippen LogP contribution < -0.4 is 4.72 Å². The average molecular weight is 344 g/mol. The lowest BCUT2D eigenvalue weighted by atomic mass is 10.00. The Labute approximate surface area is 137 Å². The summed E-state index contributed by atoms with van der Waals surface area (Å²) in [4.78, 5) is 6.26. The molecule has 0 bridgehead atoms. The summed E-state index contributed by atoms with van der Waals surface area (Å²) in [5.74, 6) is 0.257. The van der Waals surface area contributed by atoms with Gasteiger partial charge in [0, 0.05) is 29.9 Å². The van der Waals surface area contributed by atoms with Crippen molar-refractivity contribution in [1.82, 2.24) is 14.0 Å². The molecule has 0 spiro atoms. The molecule has 0 aromatic carbocycles. The summed E-state index contributed by atoms with van der Waals surface area (Å²) in [6.45, 7) is 4.89. The van der Waals surface area contributed by atoms with E-state index in [9.17, 15) is 8.42 Å². The van der Waals surface area contributed by atoms with Crippen LogP contribution in [0.2, 0.25) is 0 Å². The van der Waals surface area contributed by atoms with Crippen LogP contribution in [-0.2, 0) is 23.1 Å². The Morgan fingerprint density at radius 3 is 2.77 bits per heavy atom. The Hall–Kier alpha value is -0.500. The van der Waals surface area contributed by atoms with E-state index >= 15 is 0 Å². The highest BCUT2D eigenvalue weighted by Crippen LogP contribution is 2.35. The van der Waals surface area contributed by atoms with Crippen molar-refractivity contribution in [3.8, 4) is 0 Å². The smallest absolute Gasteiger partial charge is 0.246 e. The molecule has 5 nitrogen and oxygen atoms in total. The lowest BCUT2D eigenvalue weighted by molar-refractivity contribution is 0.310. The van der Waals surface area contributed by atoms with E-state index < -0.39 is 10.2 Å². The maximum absolute atomic E-state index is 12.4. The fourth-order valence-corrected chi connectivity index (χ4v) is 6.05. The molecule has 1 fully saturated rings. The van der Waals surface area contributed by atoms with Crippen molar-refractivity contribution in [2.45, 2.75) is 64.3 Å². The topological polar surface area (TPSA) is 62.3 Å². The number of fused-ring (bicyclic) bond motifs is 1. The summed E-state index contributed by atoms with van der Waals surface area (Å²) < 4.78 is 29.0. The largest absolute Gasteiger partial charge is 0.279 e. The highest BCUT2D eigenvalue weighted by molar-refractivity contribution is 7.87. The predicted molar refractivity (Wildman–Crippen MR) is 89.5 cm³/mol. The van der Waals surface area contributed by atoms with E-state index in [0.717, 1.165) is 30.7 Å². The minimum atomic E-state index is -3.37. The molecular formula is C15H25N3O2S2. The first-order chi connectivity index (χ1) is 10.5. The molecule has 0 amide bonds. The first-order valence-corrected chi connectivity index (χ1v) is 10.5. The van der Waals surface area contributed by atoms with Crippen molar-refractivity contribution in [1.29, 1.82) is 0 Å². The second kappa shape index (κ2) is 6.55. The fourth-order valence-electron chi connectivity index (χ4n) is 3.28. The van der Waals surface area contributed by atoms with Crippen LogP contribution in [0.15, 0.2) is 0 Å². The number of aryl methyl sites for hydroxylation is 2. The Morgan fingerprint density at radius 2 is 2.05 bits per heavy atom. The third-order valence-corrected chi connectivity index (χ3v) is 7.42. The van der Waals surface area contributed by atoms with E-state index in [0.29, 0.717) is 13.1 Å². The molecular weight excluding hydrogens is 318 g/mol. The molecule has 7 heteroatoms. The maximum Gasteiger partial charge on any atom is 0.279 e. The van der Waals surface area contributed by atoms with Crippen molar-refractivity contribution < 1.29 is 8.42 Å².